The third-order valence-corrected chi connectivity index (χ3v) is 4.37. The molecule has 0 aliphatic carbocycles. The summed E-state index contributed by atoms with van der Waals surface area (Å²) in [6.45, 7) is 9.35. The average molecular weight is 496 g/mol. The van der Waals surface area contributed by atoms with Crippen LogP contribution in [-0.2, 0) is 23.5 Å². The molecular formula is C21H20ClF6N3O2. The zero-order chi connectivity index (χ0) is 25.4. The number of benzene rings is 1. The lowest BCUT2D eigenvalue weighted by molar-refractivity contribution is -0.142. The van der Waals surface area contributed by atoms with E-state index in [1.165, 1.54) is 33.8 Å². The van der Waals surface area contributed by atoms with E-state index in [0.717, 1.165) is 0 Å². The summed E-state index contributed by atoms with van der Waals surface area (Å²) < 4.78 is 86.3. The summed E-state index contributed by atoms with van der Waals surface area (Å²) >= 11 is 6.15. The number of rotatable bonds is 4. The largest absolute Gasteiger partial charge is 0.443 e. The van der Waals surface area contributed by atoms with Gasteiger partial charge in [-0.3, -0.25) is 0 Å². The first-order valence-electron chi connectivity index (χ1n) is 9.41. The van der Waals surface area contributed by atoms with Gasteiger partial charge >= 0.3 is 18.4 Å². The quantitative estimate of drug-likeness (QED) is 0.254. The van der Waals surface area contributed by atoms with Crippen LogP contribution in [0.3, 0.4) is 0 Å². The molecule has 5 nitrogen and oxygen atoms in total. The van der Waals surface area contributed by atoms with E-state index >= 15 is 0 Å². The van der Waals surface area contributed by atoms with Gasteiger partial charge < -0.3 is 4.74 Å². The zero-order valence-electron chi connectivity index (χ0n) is 18.0. The van der Waals surface area contributed by atoms with Crippen LogP contribution in [0.15, 0.2) is 30.9 Å². The van der Waals surface area contributed by atoms with Gasteiger partial charge in [0.15, 0.2) is 5.82 Å². The third-order valence-electron chi connectivity index (χ3n) is 4.05. The predicted octanol–water partition coefficient (Wildman–Crippen LogP) is 7.28. The first-order valence-corrected chi connectivity index (χ1v) is 9.79. The monoisotopic (exact) mass is 495 g/mol. The van der Waals surface area contributed by atoms with Crippen molar-refractivity contribution >= 4 is 29.2 Å². The minimum absolute atomic E-state index is 0.0110. The highest BCUT2D eigenvalue weighted by Gasteiger charge is 2.42. The highest BCUT2D eigenvalue weighted by atomic mass is 35.5. The predicted molar refractivity (Wildman–Crippen MR) is 110 cm³/mol. The number of carbonyl (C=O) groups excluding carboxylic acids is 1. The Morgan fingerprint density at radius 3 is 2.21 bits per heavy atom. The highest BCUT2D eigenvalue weighted by molar-refractivity contribution is 6.30. The number of ether oxygens (including phenoxy) is 1. The van der Waals surface area contributed by atoms with Crippen LogP contribution < -0.4 is 4.90 Å². The lowest BCUT2D eigenvalue weighted by Crippen LogP contribution is -2.36. The second kappa shape index (κ2) is 9.20. The van der Waals surface area contributed by atoms with Crippen molar-refractivity contribution in [2.75, 3.05) is 4.90 Å². The molecule has 1 amide bonds. The second-order valence-corrected chi connectivity index (χ2v) is 8.26. The van der Waals surface area contributed by atoms with Gasteiger partial charge in [0.1, 0.15) is 16.6 Å². The molecule has 0 saturated heterocycles. The lowest BCUT2D eigenvalue weighted by Gasteiger charge is -2.30. The number of anilines is 2. The van der Waals surface area contributed by atoms with Crippen molar-refractivity contribution in [2.45, 2.75) is 52.1 Å². The third kappa shape index (κ3) is 6.37. The molecule has 0 N–H and O–H groups in total. The molecule has 0 atom stereocenters. The van der Waals surface area contributed by atoms with Gasteiger partial charge in [-0.25, -0.2) is 19.7 Å². The zero-order valence-corrected chi connectivity index (χ0v) is 18.8. The van der Waals surface area contributed by atoms with Gasteiger partial charge in [0, 0.05) is 5.56 Å². The summed E-state index contributed by atoms with van der Waals surface area (Å²) in [5.41, 5.74) is -5.27. The molecule has 2 rings (SSSR count). The maximum absolute atomic E-state index is 13.9. The van der Waals surface area contributed by atoms with E-state index in [1.807, 2.05) is 0 Å². The summed E-state index contributed by atoms with van der Waals surface area (Å²) in [7, 11) is 0. The van der Waals surface area contributed by atoms with Crippen molar-refractivity contribution in [2.24, 2.45) is 0 Å². The van der Waals surface area contributed by atoms with Crippen LogP contribution >= 0.6 is 11.6 Å². The van der Waals surface area contributed by atoms with Gasteiger partial charge in [0.25, 0.3) is 0 Å². The molecular weight excluding hydrogens is 476 g/mol. The Labute approximate surface area is 191 Å². The van der Waals surface area contributed by atoms with Crippen molar-refractivity contribution in [1.29, 1.82) is 0 Å². The van der Waals surface area contributed by atoms with Crippen LogP contribution in [0.25, 0.3) is 0 Å². The smallest absolute Gasteiger partial charge is 0.420 e. The normalized spacial score (nSPS) is 12.5. The number of amides is 1. The van der Waals surface area contributed by atoms with E-state index in [2.05, 4.69) is 16.5 Å². The number of hydrogen-bond donors (Lipinski definition) is 0. The van der Waals surface area contributed by atoms with Gasteiger partial charge in [-0.2, -0.15) is 26.3 Å². The fourth-order valence-corrected chi connectivity index (χ4v) is 3.08. The Bertz CT molecular complexity index is 1060. The van der Waals surface area contributed by atoms with E-state index in [0.29, 0.717) is 17.0 Å². The van der Waals surface area contributed by atoms with Crippen molar-refractivity contribution in [3.05, 3.63) is 58.5 Å². The molecule has 2 aromatic rings. The van der Waals surface area contributed by atoms with Crippen LogP contribution in [0.4, 0.5) is 42.6 Å². The molecule has 0 radical (unpaired) electrons. The minimum atomic E-state index is -5.25. The van der Waals surface area contributed by atoms with E-state index in [1.54, 1.807) is 0 Å². The summed E-state index contributed by atoms with van der Waals surface area (Å²) in [6, 6.07) is 0.902. The number of nitrogens with zero attached hydrogens (tertiary/aromatic N) is 3. The molecule has 0 unspecified atom stereocenters. The van der Waals surface area contributed by atoms with Crippen LogP contribution in [0, 0.1) is 6.92 Å². The van der Waals surface area contributed by atoms with Crippen LogP contribution in [0.1, 0.15) is 43.3 Å². The number of aryl methyl sites for hydroxylation is 1. The van der Waals surface area contributed by atoms with Crippen molar-refractivity contribution < 1.29 is 35.9 Å². The number of allylic oxidation sites excluding steroid dienone is 1. The van der Waals surface area contributed by atoms with E-state index in [-0.39, 0.29) is 34.8 Å². The van der Waals surface area contributed by atoms with Crippen LogP contribution in [-0.4, -0.2) is 21.7 Å². The van der Waals surface area contributed by atoms with Crippen molar-refractivity contribution in [3.63, 3.8) is 0 Å². The van der Waals surface area contributed by atoms with Crippen LogP contribution in [0.5, 0.6) is 0 Å². The lowest BCUT2D eigenvalue weighted by atomic mass is 10.1. The summed E-state index contributed by atoms with van der Waals surface area (Å²) in [6.07, 6.45) is -10.3. The molecule has 1 aromatic heterocycles. The maximum Gasteiger partial charge on any atom is 0.420 e. The molecule has 0 aliphatic rings. The Kier molecular flexibility index (Phi) is 7.37. The fraction of sp³-hybridized carbons (Fsp3) is 0.381. The molecule has 0 aliphatic heterocycles. The Hall–Kier alpha value is -2.82. The van der Waals surface area contributed by atoms with Gasteiger partial charge in [-0.15, -0.1) is 6.58 Å². The molecule has 180 valence electrons. The van der Waals surface area contributed by atoms with E-state index < -0.39 is 40.9 Å². The first kappa shape index (κ1) is 26.4. The van der Waals surface area contributed by atoms with Crippen LogP contribution in [0.2, 0.25) is 5.15 Å². The molecule has 0 fully saturated rings. The number of halogens is 7. The van der Waals surface area contributed by atoms with Gasteiger partial charge in [0.2, 0.25) is 0 Å². The Balaban J connectivity index is 2.92. The molecule has 12 heteroatoms. The summed E-state index contributed by atoms with van der Waals surface area (Å²) in [5, 5.41) is -0.161. The van der Waals surface area contributed by atoms with Gasteiger partial charge in [-0.1, -0.05) is 17.7 Å². The topological polar surface area (TPSA) is 55.3 Å². The van der Waals surface area contributed by atoms with Gasteiger partial charge in [0.05, 0.1) is 16.8 Å². The second-order valence-electron chi connectivity index (χ2n) is 7.90. The SMILES string of the molecule is C=CCc1c(Cl)nc(C)nc1N(C(=O)OC(C)(C)C)c1ccc(C(F)(F)F)cc1C(F)(F)F. The molecule has 0 spiro atoms. The number of aromatic nitrogens is 2. The molecule has 0 bridgehead atoms. The van der Waals surface area contributed by atoms with Crippen molar-refractivity contribution in [3.8, 4) is 0 Å². The highest BCUT2D eigenvalue weighted by Crippen LogP contribution is 2.43. The summed E-state index contributed by atoms with van der Waals surface area (Å²) in [4.78, 5) is 21.5. The average Bonchev–Trinajstić information content (AvgIpc) is 2.61. The Morgan fingerprint density at radius 1 is 1.12 bits per heavy atom. The van der Waals surface area contributed by atoms with Crippen molar-refractivity contribution in [1.82, 2.24) is 9.97 Å². The maximum atomic E-state index is 13.9. The number of alkyl halides is 6. The number of carbonyl (C=O) groups is 1. The molecule has 33 heavy (non-hydrogen) atoms. The van der Waals surface area contributed by atoms with E-state index in [4.69, 9.17) is 16.3 Å². The number of hydrogen-bond acceptors (Lipinski definition) is 4. The first-order chi connectivity index (χ1) is 15.0. The standard InChI is InChI=1S/C21H20ClF6N3O2/c1-6-7-13-16(22)29-11(2)30-17(13)31(18(32)33-19(3,4)5)15-9-8-12(20(23,24)25)10-14(15)21(26,27)28/h6,8-10H,1,7H2,2-5H3. The van der Waals surface area contributed by atoms with E-state index in [9.17, 15) is 31.1 Å². The molecule has 1 heterocycles. The minimum Gasteiger partial charge on any atom is -0.443 e. The fourth-order valence-electron chi connectivity index (χ4n) is 2.79. The van der Waals surface area contributed by atoms with Gasteiger partial charge in [-0.05, 0) is 52.3 Å². The molecule has 0 saturated carbocycles. The summed E-state index contributed by atoms with van der Waals surface area (Å²) in [5.74, 6) is -0.358. The molecule has 1 aromatic carbocycles. The Morgan fingerprint density at radius 2 is 1.73 bits per heavy atom.